The molecular formula is C16H14ClNS. The molecule has 2 N–H and O–H groups in total. The Morgan fingerprint density at radius 2 is 1.79 bits per heavy atom. The molecular weight excluding hydrogens is 274 g/mol. The molecule has 0 aliphatic carbocycles. The van der Waals surface area contributed by atoms with E-state index in [1.165, 1.54) is 16.3 Å². The second-order valence-corrected chi connectivity index (χ2v) is 5.98. The minimum atomic E-state index is -0.169. The maximum Gasteiger partial charge on any atom is 0.0667 e. The molecule has 0 saturated carbocycles. The van der Waals surface area contributed by atoms with Gasteiger partial charge in [0.2, 0.25) is 0 Å². The van der Waals surface area contributed by atoms with Crippen LogP contribution in [0.5, 0.6) is 0 Å². The summed E-state index contributed by atoms with van der Waals surface area (Å²) in [6, 6.07) is 14.3. The first-order chi connectivity index (χ1) is 9.18. The molecule has 1 nitrogen and oxygen atoms in total. The first kappa shape index (κ1) is 12.7. The minimum absolute atomic E-state index is 0.169. The number of fused-ring (bicyclic) bond motifs is 1. The fourth-order valence-electron chi connectivity index (χ4n) is 2.41. The van der Waals surface area contributed by atoms with Crippen LogP contribution in [0.2, 0.25) is 5.02 Å². The topological polar surface area (TPSA) is 26.0 Å². The molecule has 3 aromatic rings. The Morgan fingerprint density at radius 1 is 1.05 bits per heavy atom. The molecule has 19 heavy (non-hydrogen) atoms. The maximum atomic E-state index is 6.40. The zero-order valence-corrected chi connectivity index (χ0v) is 12.1. The van der Waals surface area contributed by atoms with Crippen molar-refractivity contribution < 1.29 is 0 Å². The van der Waals surface area contributed by atoms with Crippen LogP contribution in [-0.2, 0) is 0 Å². The van der Waals surface area contributed by atoms with Crippen LogP contribution in [0.25, 0.3) is 10.8 Å². The van der Waals surface area contributed by atoms with Gasteiger partial charge in [-0.3, -0.25) is 0 Å². The summed E-state index contributed by atoms with van der Waals surface area (Å²) in [5.41, 5.74) is 8.80. The van der Waals surface area contributed by atoms with Gasteiger partial charge in [0.1, 0.15) is 0 Å². The monoisotopic (exact) mass is 287 g/mol. The van der Waals surface area contributed by atoms with E-state index in [2.05, 4.69) is 37.3 Å². The number of aryl methyl sites for hydroxylation is 1. The SMILES string of the molecule is Cc1ccc(C(N)c2sccc2Cl)c2ccccc12. The van der Waals surface area contributed by atoms with Crippen molar-refractivity contribution in [2.45, 2.75) is 13.0 Å². The lowest BCUT2D eigenvalue weighted by Crippen LogP contribution is -2.11. The Labute approximate surface area is 121 Å². The molecule has 0 amide bonds. The summed E-state index contributed by atoms with van der Waals surface area (Å²) < 4.78 is 0. The summed E-state index contributed by atoms with van der Waals surface area (Å²) in [5.74, 6) is 0. The van der Waals surface area contributed by atoms with Crippen molar-refractivity contribution in [3.63, 3.8) is 0 Å². The number of hydrogen-bond donors (Lipinski definition) is 1. The van der Waals surface area contributed by atoms with Gasteiger partial charge in [0, 0.05) is 4.88 Å². The number of thiophene rings is 1. The van der Waals surface area contributed by atoms with Crippen LogP contribution in [0.4, 0.5) is 0 Å². The summed E-state index contributed by atoms with van der Waals surface area (Å²) >= 11 is 7.81. The average Bonchev–Trinajstić information content (AvgIpc) is 2.85. The third-order valence-electron chi connectivity index (χ3n) is 3.44. The van der Waals surface area contributed by atoms with E-state index in [-0.39, 0.29) is 6.04 Å². The summed E-state index contributed by atoms with van der Waals surface area (Å²) in [5, 5.41) is 5.19. The number of hydrogen-bond acceptors (Lipinski definition) is 2. The van der Waals surface area contributed by atoms with Crippen LogP contribution in [-0.4, -0.2) is 0 Å². The van der Waals surface area contributed by atoms with Crippen molar-refractivity contribution in [3.8, 4) is 0 Å². The lowest BCUT2D eigenvalue weighted by molar-refractivity contribution is 0.903. The molecule has 0 fully saturated rings. The molecule has 1 heterocycles. The van der Waals surface area contributed by atoms with Gasteiger partial charge < -0.3 is 5.73 Å². The predicted molar refractivity (Wildman–Crippen MR) is 84.0 cm³/mol. The number of halogens is 1. The average molecular weight is 288 g/mol. The second kappa shape index (κ2) is 4.97. The van der Waals surface area contributed by atoms with Crippen LogP contribution in [0.3, 0.4) is 0 Å². The second-order valence-electron chi connectivity index (χ2n) is 4.63. The van der Waals surface area contributed by atoms with E-state index in [4.69, 9.17) is 17.3 Å². The van der Waals surface area contributed by atoms with Crippen LogP contribution < -0.4 is 5.73 Å². The van der Waals surface area contributed by atoms with Crippen LogP contribution in [0.15, 0.2) is 47.8 Å². The molecule has 0 aliphatic heterocycles. The first-order valence-corrected chi connectivity index (χ1v) is 7.41. The molecule has 1 unspecified atom stereocenters. The summed E-state index contributed by atoms with van der Waals surface area (Å²) in [6.45, 7) is 2.12. The smallest absolute Gasteiger partial charge is 0.0667 e. The molecule has 0 radical (unpaired) electrons. The largest absolute Gasteiger partial charge is 0.320 e. The van der Waals surface area contributed by atoms with Crippen molar-refractivity contribution in [2.24, 2.45) is 5.73 Å². The van der Waals surface area contributed by atoms with Gasteiger partial charge in [-0.25, -0.2) is 0 Å². The number of benzene rings is 2. The van der Waals surface area contributed by atoms with E-state index < -0.39 is 0 Å². The standard InChI is InChI=1S/C16H14ClNS/c1-10-6-7-13(12-5-3-2-4-11(10)12)15(18)16-14(17)8-9-19-16/h2-9,15H,18H2,1H3. The van der Waals surface area contributed by atoms with Crippen LogP contribution >= 0.6 is 22.9 Å². The zero-order chi connectivity index (χ0) is 13.4. The quantitative estimate of drug-likeness (QED) is 0.712. The first-order valence-electron chi connectivity index (χ1n) is 6.15. The predicted octanol–water partition coefficient (Wildman–Crippen LogP) is 4.91. The lowest BCUT2D eigenvalue weighted by Gasteiger charge is -2.15. The molecule has 0 bridgehead atoms. The van der Waals surface area contributed by atoms with Crippen molar-refractivity contribution in [2.75, 3.05) is 0 Å². The fraction of sp³-hybridized carbons (Fsp3) is 0.125. The normalized spacial score (nSPS) is 12.8. The fourth-order valence-corrected chi connectivity index (χ4v) is 3.61. The van der Waals surface area contributed by atoms with E-state index in [1.54, 1.807) is 11.3 Å². The Kier molecular flexibility index (Phi) is 3.31. The van der Waals surface area contributed by atoms with Crippen LogP contribution in [0.1, 0.15) is 22.0 Å². The number of rotatable bonds is 2. The highest BCUT2D eigenvalue weighted by molar-refractivity contribution is 7.10. The molecule has 1 aromatic heterocycles. The van der Waals surface area contributed by atoms with E-state index in [0.717, 1.165) is 15.5 Å². The third kappa shape index (κ3) is 2.16. The Balaban J connectivity index is 2.21. The van der Waals surface area contributed by atoms with E-state index in [0.29, 0.717) is 0 Å². The van der Waals surface area contributed by atoms with Gasteiger partial charge in [0.25, 0.3) is 0 Å². The van der Waals surface area contributed by atoms with Gasteiger partial charge in [0.15, 0.2) is 0 Å². The third-order valence-corrected chi connectivity index (χ3v) is 4.88. The summed E-state index contributed by atoms with van der Waals surface area (Å²) in [4.78, 5) is 1.02. The lowest BCUT2D eigenvalue weighted by atomic mass is 9.95. The van der Waals surface area contributed by atoms with Gasteiger partial charge in [-0.1, -0.05) is 48.0 Å². The number of nitrogens with two attached hydrogens (primary N) is 1. The molecule has 0 aliphatic rings. The van der Waals surface area contributed by atoms with Gasteiger partial charge in [-0.15, -0.1) is 11.3 Å². The van der Waals surface area contributed by atoms with Crippen LogP contribution in [0, 0.1) is 6.92 Å². The van der Waals surface area contributed by atoms with Crippen molar-refractivity contribution in [1.82, 2.24) is 0 Å². The van der Waals surface area contributed by atoms with Gasteiger partial charge in [0.05, 0.1) is 11.1 Å². The summed E-state index contributed by atoms with van der Waals surface area (Å²) in [7, 11) is 0. The minimum Gasteiger partial charge on any atom is -0.320 e. The zero-order valence-electron chi connectivity index (χ0n) is 10.6. The van der Waals surface area contributed by atoms with E-state index >= 15 is 0 Å². The Morgan fingerprint density at radius 3 is 2.47 bits per heavy atom. The molecule has 0 spiro atoms. The van der Waals surface area contributed by atoms with Crippen molar-refractivity contribution >= 4 is 33.7 Å². The Hall–Kier alpha value is -1.35. The summed E-state index contributed by atoms with van der Waals surface area (Å²) in [6.07, 6.45) is 0. The molecule has 3 rings (SSSR count). The van der Waals surface area contributed by atoms with E-state index in [9.17, 15) is 0 Å². The van der Waals surface area contributed by atoms with Crippen molar-refractivity contribution in [1.29, 1.82) is 0 Å². The highest BCUT2D eigenvalue weighted by atomic mass is 35.5. The van der Waals surface area contributed by atoms with Gasteiger partial charge >= 0.3 is 0 Å². The molecule has 1 atom stereocenters. The molecule has 0 saturated heterocycles. The van der Waals surface area contributed by atoms with Gasteiger partial charge in [-0.2, -0.15) is 0 Å². The Bertz CT molecular complexity index is 732. The molecule has 2 aromatic carbocycles. The highest BCUT2D eigenvalue weighted by Crippen LogP contribution is 2.35. The maximum absolute atomic E-state index is 6.40. The molecule has 96 valence electrons. The van der Waals surface area contributed by atoms with Crippen molar-refractivity contribution in [3.05, 3.63) is 68.9 Å². The van der Waals surface area contributed by atoms with E-state index in [1.807, 2.05) is 17.5 Å². The molecule has 3 heteroatoms. The highest BCUT2D eigenvalue weighted by Gasteiger charge is 2.16. The van der Waals surface area contributed by atoms with Gasteiger partial charge in [-0.05, 0) is 40.3 Å².